The van der Waals surface area contributed by atoms with Crippen molar-refractivity contribution in [1.29, 1.82) is 5.26 Å². The smallest absolute Gasteiger partial charge is 0.263 e. The molecular weight excluding hydrogens is 318 g/mol. The Kier molecular flexibility index (Phi) is 8.94. The van der Waals surface area contributed by atoms with Crippen LogP contribution in [0.1, 0.15) is 44.7 Å². The molecule has 0 heterocycles. The number of carbonyl (C=O) groups is 1. The molecule has 1 rings (SSSR count). The van der Waals surface area contributed by atoms with Crippen LogP contribution in [0.25, 0.3) is 0 Å². The number of benzene rings is 1. The topological polar surface area (TPSA) is 83.4 Å². The summed E-state index contributed by atoms with van der Waals surface area (Å²) in [5, 5.41) is 15.0. The first-order chi connectivity index (χ1) is 12.1. The second-order valence-corrected chi connectivity index (χ2v) is 5.64. The van der Waals surface area contributed by atoms with Crippen molar-refractivity contribution < 1.29 is 14.3 Å². The van der Waals surface area contributed by atoms with Gasteiger partial charge in [-0.25, -0.2) is 0 Å². The molecule has 0 aliphatic heterocycles. The Hall–Kier alpha value is -2.68. The molecule has 2 N–H and O–H groups in total. The van der Waals surface area contributed by atoms with E-state index in [9.17, 15) is 10.1 Å². The minimum Gasteiger partial charge on any atom is -0.493 e. The number of amides is 1. The fourth-order valence-electron chi connectivity index (χ4n) is 2.28. The molecule has 1 amide bonds. The van der Waals surface area contributed by atoms with Crippen molar-refractivity contribution in [3.63, 3.8) is 0 Å². The lowest BCUT2D eigenvalue weighted by Gasteiger charge is -2.16. The molecule has 0 spiro atoms. The SMILES string of the molecule is CCCCCN/C=C(/C#N)C(=O)NC(C)c1ccc(OC)c(OC)c1. The normalized spacial score (nSPS) is 12.0. The van der Waals surface area contributed by atoms with E-state index in [0.29, 0.717) is 11.5 Å². The third-order valence-electron chi connectivity index (χ3n) is 3.79. The highest BCUT2D eigenvalue weighted by atomic mass is 16.5. The van der Waals surface area contributed by atoms with Crippen molar-refractivity contribution in [2.24, 2.45) is 0 Å². The molecule has 0 fully saturated rings. The van der Waals surface area contributed by atoms with Crippen molar-refractivity contribution in [3.05, 3.63) is 35.5 Å². The van der Waals surface area contributed by atoms with Crippen LogP contribution >= 0.6 is 0 Å². The highest BCUT2D eigenvalue weighted by molar-refractivity contribution is 5.97. The third kappa shape index (κ3) is 6.38. The first-order valence-electron chi connectivity index (χ1n) is 8.43. The average molecular weight is 345 g/mol. The maximum absolute atomic E-state index is 12.3. The fourth-order valence-corrected chi connectivity index (χ4v) is 2.28. The van der Waals surface area contributed by atoms with Gasteiger partial charge in [-0.3, -0.25) is 4.79 Å². The van der Waals surface area contributed by atoms with Crippen LogP contribution in [0.4, 0.5) is 0 Å². The van der Waals surface area contributed by atoms with Crippen LogP contribution in [0.15, 0.2) is 30.0 Å². The van der Waals surface area contributed by atoms with Crippen molar-refractivity contribution in [2.75, 3.05) is 20.8 Å². The Balaban J connectivity index is 2.71. The van der Waals surface area contributed by atoms with Gasteiger partial charge in [0.1, 0.15) is 11.6 Å². The van der Waals surface area contributed by atoms with Crippen molar-refractivity contribution in [3.8, 4) is 17.6 Å². The summed E-state index contributed by atoms with van der Waals surface area (Å²) in [4.78, 5) is 12.3. The molecule has 25 heavy (non-hydrogen) atoms. The van der Waals surface area contributed by atoms with Gasteiger partial charge in [-0.05, 0) is 31.0 Å². The van der Waals surface area contributed by atoms with Crippen molar-refractivity contribution >= 4 is 5.91 Å². The highest BCUT2D eigenvalue weighted by Crippen LogP contribution is 2.29. The Morgan fingerprint density at radius 1 is 1.28 bits per heavy atom. The van der Waals surface area contributed by atoms with E-state index in [1.807, 2.05) is 25.1 Å². The largest absolute Gasteiger partial charge is 0.493 e. The van der Waals surface area contributed by atoms with E-state index in [-0.39, 0.29) is 11.6 Å². The molecule has 0 aliphatic rings. The zero-order chi connectivity index (χ0) is 18.7. The fraction of sp³-hybridized carbons (Fsp3) is 0.474. The first kappa shape index (κ1) is 20.4. The summed E-state index contributed by atoms with van der Waals surface area (Å²) in [6, 6.07) is 7.10. The van der Waals surface area contributed by atoms with Gasteiger partial charge in [0.25, 0.3) is 5.91 Å². The molecule has 0 aromatic heterocycles. The summed E-state index contributed by atoms with van der Waals surface area (Å²) < 4.78 is 10.5. The van der Waals surface area contributed by atoms with E-state index in [1.54, 1.807) is 20.3 Å². The average Bonchev–Trinajstić information content (AvgIpc) is 2.63. The monoisotopic (exact) mass is 345 g/mol. The predicted octanol–water partition coefficient (Wildman–Crippen LogP) is 3.07. The predicted molar refractivity (Wildman–Crippen MR) is 97.3 cm³/mol. The number of nitrogens with one attached hydrogen (secondary N) is 2. The standard InChI is InChI=1S/C19H27N3O3/c1-5-6-7-10-21-13-16(12-20)19(23)22-14(2)15-8-9-17(24-3)18(11-15)25-4/h8-9,11,13-14,21H,5-7,10H2,1-4H3,(H,22,23)/b16-13-. The van der Waals surface area contributed by atoms with E-state index < -0.39 is 5.91 Å². The Morgan fingerprint density at radius 3 is 2.60 bits per heavy atom. The van der Waals surface area contributed by atoms with Gasteiger partial charge in [-0.15, -0.1) is 0 Å². The van der Waals surface area contributed by atoms with Gasteiger partial charge in [0, 0.05) is 12.7 Å². The van der Waals surface area contributed by atoms with Crippen LogP contribution in [0.2, 0.25) is 0 Å². The van der Waals surface area contributed by atoms with Gasteiger partial charge in [0.15, 0.2) is 11.5 Å². The van der Waals surface area contributed by atoms with Crippen LogP contribution in [-0.2, 0) is 4.79 Å². The zero-order valence-corrected chi connectivity index (χ0v) is 15.4. The third-order valence-corrected chi connectivity index (χ3v) is 3.79. The van der Waals surface area contributed by atoms with Crippen LogP contribution in [0.3, 0.4) is 0 Å². The number of unbranched alkanes of at least 4 members (excludes halogenated alkanes) is 2. The molecule has 1 aromatic carbocycles. The molecule has 1 aromatic rings. The lowest BCUT2D eigenvalue weighted by molar-refractivity contribution is -0.117. The van der Waals surface area contributed by atoms with Crippen LogP contribution in [0, 0.1) is 11.3 Å². The number of nitriles is 1. The molecule has 0 radical (unpaired) electrons. The van der Waals surface area contributed by atoms with Gasteiger partial charge in [0.2, 0.25) is 0 Å². The zero-order valence-electron chi connectivity index (χ0n) is 15.4. The highest BCUT2D eigenvalue weighted by Gasteiger charge is 2.15. The maximum Gasteiger partial charge on any atom is 0.263 e. The van der Waals surface area contributed by atoms with E-state index in [0.717, 1.165) is 31.4 Å². The van der Waals surface area contributed by atoms with E-state index in [1.165, 1.54) is 6.20 Å². The van der Waals surface area contributed by atoms with Crippen molar-refractivity contribution in [2.45, 2.75) is 39.2 Å². The number of rotatable bonds is 10. The molecule has 1 atom stereocenters. The minimum atomic E-state index is -0.409. The number of ether oxygens (including phenoxy) is 2. The minimum absolute atomic E-state index is 0.0591. The molecule has 1 unspecified atom stereocenters. The molecular formula is C19H27N3O3. The lowest BCUT2D eigenvalue weighted by atomic mass is 10.1. The summed E-state index contributed by atoms with van der Waals surface area (Å²) in [6.45, 7) is 4.72. The number of carbonyl (C=O) groups excluding carboxylic acids is 1. The summed E-state index contributed by atoms with van der Waals surface area (Å²) in [5.41, 5.74) is 0.919. The van der Waals surface area contributed by atoms with Crippen LogP contribution in [0.5, 0.6) is 11.5 Å². The number of nitrogens with zero attached hydrogens (tertiary/aromatic N) is 1. The summed E-state index contributed by atoms with van der Waals surface area (Å²) in [5.74, 6) is 0.807. The van der Waals surface area contributed by atoms with Crippen molar-refractivity contribution in [1.82, 2.24) is 10.6 Å². The van der Waals surface area contributed by atoms with Crippen LogP contribution < -0.4 is 20.1 Å². The number of methoxy groups -OCH3 is 2. The van der Waals surface area contributed by atoms with E-state index in [2.05, 4.69) is 17.6 Å². The van der Waals surface area contributed by atoms with Gasteiger partial charge in [0.05, 0.1) is 20.3 Å². The second-order valence-electron chi connectivity index (χ2n) is 5.64. The maximum atomic E-state index is 12.3. The van der Waals surface area contributed by atoms with Gasteiger partial charge < -0.3 is 20.1 Å². The Bertz CT molecular complexity index is 635. The summed E-state index contributed by atoms with van der Waals surface area (Å²) in [7, 11) is 3.13. The Labute approximate surface area is 149 Å². The first-order valence-corrected chi connectivity index (χ1v) is 8.43. The second kappa shape index (κ2) is 11.0. The molecule has 6 heteroatoms. The Morgan fingerprint density at radius 2 is 2.00 bits per heavy atom. The summed E-state index contributed by atoms with van der Waals surface area (Å²) in [6.07, 6.45) is 4.73. The molecule has 0 saturated heterocycles. The molecule has 0 bridgehead atoms. The van der Waals surface area contributed by atoms with E-state index in [4.69, 9.17) is 9.47 Å². The van der Waals surface area contributed by atoms with Gasteiger partial charge in [-0.1, -0.05) is 25.8 Å². The number of hydrogen-bond donors (Lipinski definition) is 2. The lowest BCUT2D eigenvalue weighted by Crippen LogP contribution is -2.28. The molecule has 0 aliphatic carbocycles. The van der Waals surface area contributed by atoms with Crippen LogP contribution in [-0.4, -0.2) is 26.7 Å². The number of hydrogen-bond acceptors (Lipinski definition) is 5. The molecule has 136 valence electrons. The quantitative estimate of drug-likeness (QED) is 0.387. The summed E-state index contributed by atoms with van der Waals surface area (Å²) >= 11 is 0. The van der Waals surface area contributed by atoms with Gasteiger partial charge in [-0.2, -0.15) is 5.26 Å². The molecule has 6 nitrogen and oxygen atoms in total. The van der Waals surface area contributed by atoms with Gasteiger partial charge >= 0.3 is 0 Å². The van der Waals surface area contributed by atoms with E-state index >= 15 is 0 Å². The molecule has 0 saturated carbocycles.